The maximum Gasteiger partial charge on any atom is 0.417 e. The third kappa shape index (κ3) is 4.82. The van der Waals surface area contributed by atoms with Gasteiger partial charge >= 0.3 is 12.2 Å². The molecule has 3 aromatic rings. The monoisotopic (exact) mass is 453 g/mol. The molecule has 6 nitrogen and oxygen atoms in total. The van der Waals surface area contributed by atoms with Gasteiger partial charge in [0.2, 0.25) is 0 Å². The predicted octanol–water partition coefficient (Wildman–Crippen LogP) is 5.15. The largest absolute Gasteiger partial charge is 0.417 e. The van der Waals surface area contributed by atoms with Crippen LogP contribution in [-0.4, -0.2) is 28.3 Å². The summed E-state index contributed by atoms with van der Waals surface area (Å²) in [6.07, 6.45) is -3.79. The molecule has 2 amide bonds. The predicted molar refractivity (Wildman–Crippen MR) is 112 cm³/mol. The normalized spacial score (nSPS) is 15.7. The molecule has 1 aliphatic heterocycles. The third-order valence-corrected chi connectivity index (χ3v) is 5.02. The lowest BCUT2D eigenvalue weighted by Crippen LogP contribution is -2.30. The lowest BCUT2D eigenvalue weighted by atomic mass is 9.94. The average molecular weight is 453 g/mol. The van der Waals surface area contributed by atoms with E-state index >= 15 is 0 Å². The lowest BCUT2D eigenvalue weighted by Gasteiger charge is -2.16. The number of nitrogens with zero attached hydrogens (tertiary/aromatic N) is 4. The van der Waals surface area contributed by atoms with Gasteiger partial charge in [-0.3, -0.25) is 4.98 Å². The molecule has 1 unspecified atom stereocenters. The van der Waals surface area contributed by atoms with Crippen molar-refractivity contribution in [2.45, 2.75) is 12.1 Å². The Hall–Kier alpha value is -4.26. The van der Waals surface area contributed by atoms with Gasteiger partial charge in [0.1, 0.15) is 5.82 Å². The molecule has 2 heterocycles. The Bertz CT molecular complexity index is 1230. The molecule has 0 saturated carbocycles. The summed E-state index contributed by atoms with van der Waals surface area (Å²) in [6, 6.07) is 15.2. The molecule has 1 aliphatic rings. The Balaban J connectivity index is 1.62. The number of carbonyl (C=O) groups is 1. The number of urea groups is 1. The Labute approximate surface area is 185 Å². The highest BCUT2D eigenvalue weighted by atomic mass is 19.4. The fourth-order valence-electron chi connectivity index (χ4n) is 3.34. The van der Waals surface area contributed by atoms with E-state index < -0.39 is 29.5 Å². The van der Waals surface area contributed by atoms with Crippen LogP contribution in [0.25, 0.3) is 0 Å². The number of aromatic nitrogens is 1. The number of hydrazone groups is 1. The van der Waals surface area contributed by atoms with Gasteiger partial charge in [0, 0.05) is 11.9 Å². The van der Waals surface area contributed by atoms with E-state index in [2.05, 4.69) is 15.4 Å². The van der Waals surface area contributed by atoms with Crippen molar-refractivity contribution in [2.24, 2.45) is 5.10 Å². The average Bonchev–Trinajstić information content (AvgIpc) is 3.25. The molecule has 0 aliphatic carbocycles. The van der Waals surface area contributed by atoms with Crippen LogP contribution in [0.5, 0.6) is 0 Å². The SMILES string of the molecule is N#Cc1ccc(NC(=O)N2CC(c3ccc(C(F)(F)F)cn3)C(c3ccc(F)cc3)=N2)cc1. The van der Waals surface area contributed by atoms with E-state index in [9.17, 15) is 22.4 Å². The fourth-order valence-corrected chi connectivity index (χ4v) is 3.34. The van der Waals surface area contributed by atoms with E-state index in [0.29, 0.717) is 28.2 Å². The van der Waals surface area contributed by atoms with Crippen LogP contribution < -0.4 is 5.32 Å². The second-order valence-electron chi connectivity index (χ2n) is 7.22. The number of rotatable bonds is 3. The molecular weight excluding hydrogens is 438 g/mol. The van der Waals surface area contributed by atoms with Gasteiger partial charge in [-0.1, -0.05) is 12.1 Å². The van der Waals surface area contributed by atoms with Gasteiger partial charge < -0.3 is 5.32 Å². The molecule has 1 aromatic heterocycles. The van der Waals surface area contributed by atoms with Crippen LogP contribution in [0, 0.1) is 17.1 Å². The van der Waals surface area contributed by atoms with Gasteiger partial charge in [0.15, 0.2) is 0 Å². The minimum Gasteiger partial charge on any atom is -0.306 e. The Kier molecular flexibility index (Phi) is 5.79. The number of pyridine rings is 1. The highest BCUT2D eigenvalue weighted by molar-refractivity contribution is 6.07. The molecule has 4 rings (SSSR count). The third-order valence-electron chi connectivity index (χ3n) is 5.02. The van der Waals surface area contributed by atoms with Crippen LogP contribution in [0.3, 0.4) is 0 Å². The summed E-state index contributed by atoms with van der Waals surface area (Å²) in [6.45, 7) is 0.0210. The number of alkyl halides is 3. The van der Waals surface area contributed by atoms with Crippen LogP contribution in [0.15, 0.2) is 72.0 Å². The van der Waals surface area contributed by atoms with E-state index in [0.717, 1.165) is 17.3 Å². The molecular formula is C23H15F4N5O. The summed E-state index contributed by atoms with van der Waals surface area (Å²) < 4.78 is 52.2. The summed E-state index contributed by atoms with van der Waals surface area (Å²) in [5, 5.41) is 17.0. The second-order valence-corrected chi connectivity index (χ2v) is 7.22. The zero-order valence-electron chi connectivity index (χ0n) is 16.8. The van der Waals surface area contributed by atoms with Crippen LogP contribution >= 0.6 is 0 Å². The fraction of sp³-hybridized carbons (Fsp3) is 0.130. The number of hydrogen-bond donors (Lipinski definition) is 1. The van der Waals surface area contributed by atoms with Crippen molar-refractivity contribution in [3.8, 4) is 6.07 Å². The zero-order chi connectivity index (χ0) is 23.6. The number of nitriles is 1. The van der Waals surface area contributed by atoms with Gasteiger partial charge in [-0.05, 0) is 54.1 Å². The van der Waals surface area contributed by atoms with Crippen LogP contribution in [-0.2, 0) is 6.18 Å². The molecule has 1 N–H and O–H groups in total. The molecule has 166 valence electrons. The first-order valence-electron chi connectivity index (χ1n) is 9.71. The first-order chi connectivity index (χ1) is 15.7. The lowest BCUT2D eigenvalue weighted by molar-refractivity contribution is -0.137. The molecule has 2 aromatic carbocycles. The van der Waals surface area contributed by atoms with Crippen molar-refractivity contribution in [3.63, 3.8) is 0 Å². The van der Waals surface area contributed by atoms with Crippen molar-refractivity contribution in [3.05, 3.63) is 95.1 Å². The molecule has 33 heavy (non-hydrogen) atoms. The molecule has 0 spiro atoms. The van der Waals surface area contributed by atoms with Crippen molar-refractivity contribution in [1.82, 2.24) is 9.99 Å². The molecule has 0 bridgehead atoms. The van der Waals surface area contributed by atoms with Gasteiger partial charge in [0.05, 0.1) is 41.1 Å². The van der Waals surface area contributed by atoms with Gasteiger partial charge in [-0.2, -0.15) is 23.5 Å². The Morgan fingerprint density at radius 3 is 2.33 bits per heavy atom. The number of benzene rings is 2. The second kappa shape index (κ2) is 8.70. The first kappa shape index (κ1) is 22.0. The van der Waals surface area contributed by atoms with E-state index in [4.69, 9.17) is 5.26 Å². The molecule has 1 atom stereocenters. The summed E-state index contributed by atoms with van der Waals surface area (Å²) in [4.78, 5) is 16.7. The van der Waals surface area contributed by atoms with Crippen molar-refractivity contribution in [1.29, 1.82) is 5.26 Å². The minimum absolute atomic E-state index is 0.0210. The smallest absolute Gasteiger partial charge is 0.306 e. The van der Waals surface area contributed by atoms with E-state index in [-0.39, 0.29) is 6.54 Å². The number of amides is 2. The summed E-state index contributed by atoms with van der Waals surface area (Å²) in [5.74, 6) is -1.08. The molecule has 0 fully saturated rings. The van der Waals surface area contributed by atoms with Gasteiger partial charge in [-0.25, -0.2) is 14.2 Å². The van der Waals surface area contributed by atoms with Crippen molar-refractivity contribution in [2.75, 3.05) is 11.9 Å². The van der Waals surface area contributed by atoms with E-state index in [1.807, 2.05) is 6.07 Å². The number of anilines is 1. The van der Waals surface area contributed by atoms with Crippen LogP contribution in [0.1, 0.15) is 28.3 Å². The maximum atomic E-state index is 13.4. The molecule has 0 radical (unpaired) electrons. The van der Waals surface area contributed by atoms with E-state index in [1.54, 1.807) is 24.3 Å². The Morgan fingerprint density at radius 2 is 1.76 bits per heavy atom. The topological polar surface area (TPSA) is 81.4 Å². The zero-order valence-corrected chi connectivity index (χ0v) is 16.8. The van der Waals surface area contributed by atoms with E-state index in [1.165, 1.54) is 30.3 Å². The highest BCUT2D eigenvalue weighted by Crippen LogP contribution is 2.32. The number of nitrogens with one attached hydrogen (secondary N) is 1. The number of halogens is 4. The quantitative estimate of drug-likeness (QED) is 0.557. The maximum absolute atomic E-state index is 13.4. The summed E-state index contributed by atoms with van der Waals surface area (Å²) in [5.41, 5.74) is 1.15. The van der Waals surface area contributed by atoms with Crippen molar-refractivity contribution >= 4 is 17.4 Å². The highest BCUT2D eigenvalue weighted by Gasteiger charge is 2.35. The Morgan fingerprint density at radius 1 is 1.06 bits per heavy atom. The van der Waals surface area contributed by atoms with Gasteiger partial charge in [-0.15, -0.1) is 0 Å². The number of hydrogen-bond acceptors (Lipinski definition) is 4. The summed E-state index contributed by atoms with van der Waals surface area (Å²) in [7, 11) is 0. The summed E-state index contributed by atoms with van der Waals surface area (Å²) >= 11 is 0. The first-order valence-corrected chi connectivity index (χ1v) is 9.71. The van der Waals surface area contributed by atoms with Crippen LogP contribution in [0.2, 0.25) is 0 Å². The van der Waals surface area contributed by atoms with Gasteiger partial charge in [0.25, 0.3) is 0 Å². The minimum atomic E-state index is -4.53. The standard InChI is InChI=1S/C23H15F4N5O/c24-17-6-3-15(4-7-17)21-19(20-10-5-16(12-29-20)23(25,26)27)13-32(31-21)22(33)30-18-8-1-14(11-28)2-9-18/h1-10,12,19H,13H2,(H,30,33). The van der Waals surface area contributed by atoms with Crippen LogP contribution in [0.4, 0.5) is 28.0 Å². The number of carbonyl (C=O) groups excluding carboxylic acids is 1. The molecule has 0 saturated heterocycles. The molecule has 10 heteroatoms. The van der Waals surface area contributed by atoms with Crippen molar-refractivity contribution < 1.29 is 22.4 Å².